The average Bonchev–Trinajstić information content (AvgIpc) is 3.32. The smallest absolute Gasteiger partial charge is 0.341 e. The third-order valence-electron chi connectivity index (χ3n) is 3.56. The van der Waals surface area contributed by atoms with Crippen LogP contribution in [0.4, 0.5) is 5.00 Å². The Hall–Kier alpha value is -1.51. The number of hydrogen-bond acceptors (Lipinski definition) is 6. The molecule has 0 unspecified atom stereocenters. The Morgan fingerprint density at radius 2 is 2.04 bits per heavy atom. The normalized spacial score (nSPS) is 10.7. The number of hydrogen-bond donors (Lipinski definition) is 1. The monoisotopic (exact) mass is 471 g/mol. The van der Waals surface area contributed by atoms with Gasteiger partial charge in [0.1, 0.15) is 10.6 Å². The first kappa shape index (κ1) is 21.2. The molecule has 9 heteroatoms. The average molecular weight is 472 g/mol. The molecule has 146 valence electrons. The minimum Gasteiger partial charge on any atom is -0.462 e. The van der Waals surface area contributed by atoms with E-state index in [9.17, 15) is 9.59 Å². The highest BCUT2D eigenvalue weighted by Crippen LogP contribution is 2.38. The summed E-state index contributed by atoms with van der Waals surface area (Å²) in [5.74, 6) is -0.562. The molecule has 3 rings (SSSR count). The maximum absolute atomic E-state index is 12.5. The number of amides is 1. The largest absolute Gasteiger partial charge is 0.462 e. The predicted octanol–water partition coefficient (Wildman–Crippen LogP) is 6.69. The fourth-order valence-corrected chi connectivity index (χ4v) is 5.44. The second-order valence-electron chi connectivity index (χ2n) is 5.46. The minimum absolute atomic E-state index is 0.133. The van der Waals surface area contributed by atoms with E-state index in [2.05, 4.69) is 5.32 Å². The van der Waals surface area contributed by atoms with Crippen LogP contribution in [0.1, 0.15) is 17.3 Å². The van der Waals surface area contributed by atoms with Crippen LogP contribution in [0.15, 0.2) is 46.0 Å². The molecule has 3 aromatic rings. The Bertz CT molecular complexity index is 986. The van der Waals surface area contributed by atoms with Gasteiger partial charge in [-0.25, -0.2) is 4.79 Å². The molecule has 2 heterocycles. The topological polar surface area (TPSA) is 55.4 Å². The summed E-state index contributed by atoms with van der Waals surface area (Å²) in [5.41, 5.74) is 1.15. The zero-order chi connectivity index (χ0) is 20.1. The fourth-order valence-electron chi connectivity index (χ4n) is 2.36. The van der Waals surface area contributed by atoms with Crippen molar-refractivity contribution in [1.82, 2.24) is 0 Å². The van der Waals surface area contributed by atoms with E-state index in [1.165, 1.54) is 34.4 Å². The van der Waals surface area contributed by atoms with Gasteiger partial charge in [-0.1, -0.05) is 29.3 Å². The lowest BCUT2D eigenvalue weighted by Crippen LogP contribution is -2.16. The molecule has 0 fully saturated rings. The number of halogens is 2. The maximum atomic E-state index is 12.5. The molecule has 0 spiro atoms. The van der Waals surface area contributed by atoms with Gasteiger partial charge in [0.15, 0.2) is 0 Å². The van der Waals surface area contributed by atoms with Crippen LogP contribution < -0.4 is 5.32 Å². The molecule has 0 bridgehead atoms. The van der Waals surface area contributed by atoms with Crippen LogP contribution in [-0.4, -0.2) is 24.2 Å². The molecule has 4 nitrogen and oxygen atoms in total. The zero-order valence-electron chi connectivity index (χ0n) is 14.7. The lowest BCUT2D eigenvalue weighted by atomic mass is 10.1. The van der Waals surface area contributed by atoms with Crippen molar-refractivity contribution < 1.29 is 14.3 Å². The van der Waals surface area contributed by atoms with E-state index in [4.69, 9.17) is 27.9 Å². The summed E-state index contributed by atoms with van der Waals surface area (Å²) in [4.78, 5) is 26.6. The van der Waals surface area contributed by atoms with E-state index in [1.54, 1.807) is 25.1 Å². The Labute approximate surface area is 184 Å². The molecule has 28 heavy (non-hydrogen) atoms. The van der Waals surface area contributed by atoms with Gasteiger partial charge in [-0.05, 0) is 36.6 Å². The first-order valence-corrected chi connectivity index (χ1v) is 11.7. The van der Waals surface area contributed by atoms with Gasteiger partial charge >= 0.3 is 5.97 Å². The third-order valence-corrected chi connectivity index (χ3v) is 7.09. The Balaban J connectivity index is 1.77. The van der Waals surface area contributed by atoms with Gasteiger partial charge in [0.25, 0.3) is 0 Å². The number of benzene rings is 1. The Kier molecular flexibility index (Phi) is 7.42. The number of esters is 1. The summed E-state index contributed by atoms with van der Waals surface area (Å²) in [5, 5.41) is 8.18. The van der Waals surface area contributed by atoms with Gasteiger partial charge < -0.3 is 10.1 Å². The quantitative estimate of drug-likeness (QED) is 0.307. The predicted molar refractivity (Wildman–Crippen MR) is 119 cm³/mol. The lowest BCUT2D eigenvalue weighted by Gasteiger charge is -2.08. The Morgan fingerprint density at radius 1 is 1.21 bits per heavy atom. The number of rotatable bonds is 7. The van der Waals surface area contributed by atoms with Crippen LogP contribution >= 0.6 is 57.6 Å². The second-order valence-corrected chi connectivity index (χ2v) is 9.15. The van der Waals surface area contributed by atoms with Crippen molar-refractivity contribution in [2.45, 2.75) is 11.8 Å². The van der Waals surface area contributed by atoms with Crippen molar-refractivity contribution in [1.29, 1.82) is 0 Å². The SMILES string of the molecule is CCOC(=O)c1c(-c2cccs2)csc1NC(=O)CSc1cc(Cl)ccc1Cl. The molecule has 1 N–H and O–H groups in total. The highest BCUT2D eigenvalue weighted by Gasteiger charge is 2.23. The van der Waals surface area contributed by atoms with Crippen molar-refractivity contribution in [3.8, 4) is 10.4 Å². The van der Waals surface area contributed by atoms with Gasteiger partial charge in [-0.15, -0.1) is 34.4 Å². The van der Waals surface area contributed by atoms with Crippen LogP contribution in [0.5, 0.6) is 0 Å². The molecule has 0 saturated heterocycles. The molecular weight excluding hydrogens is 457 g/mol. The van der Waals surface area contributed by atoms with Crippen LogP contribution in [0.25, 0.3) is 10.4 Å². The lowest BCUT2D eigenvalue weighted by molar-refractivity contribution is -0.113. The summed E-state index contributed by atoms with van der Waals surface area (Å²) in [6.45, 7) is 2.01. The third kappa shape index (κ3) is 5.10. The molecule has 1 aromatic carbocycles. The van der Waals surface area contributed by atoms with Gasteiger partial charge in [0, 0.05) is 25.7 Å². The van der Waals surface area contributed by atoms with E-state index in [-0.39, 0.29) is 18.3 Å². The van der Waals surface area contributed by atoms with Gasteiger partial charge in [-0.2, -0.15) is 0 Å². The van der Waals surface area contributed by atoms with Crippen molar-refractivity contribution in [3.05, 3.63) is 56.7 Å². The van der Waals surface area contributed by atoms with Crippen molar-refractivity contribution in [3.63, 3.8) is 0 Å². The number of nitrogens with one attached hydrogen (secondary N) is 1. The fraction of sp³-hybridized carbons (Fsp3) is 0.158. The van der Waals surface area contributed by atoms with Crippen LogP contribution in [0, 0.1) is 0 Å². The highest BCUT2D eigenvalue weighted by molar-refractivity contribution is 8.00. The first-order chi connectivity index (χ1) is 13.5. The summed E-state index contributed by atoms with van der Waals surface area (Å²) in [6, 6.07) is 8.94. The number of anilines is 1. The van der Waals surface area contributed by atoms with Crippen LogP contribution in [0.3, 0.4) is 0 Å². The number of ether oxygens (including phenoxy) is 1. The van der Waals surface area contributed by atoms with Crippen molar-refractivity contribution in [2.24, 2.45) is 0 Å². The van der Waals surface area contributed by atoms with E-state index < -0.39 is 5.97 Å². The Morgan fingerprint density at radius 3 is 2.75 bits per heavy atom. The van der Waals surface area contributed by atoms with Gasteiger partial charge in [0.2, 0.25) is 5.91 Å². The second kappa shape index (κ2) is 9.80. The molecule has 1 amide bonds. The molecule has 0 aliphatic rings. The number of carbonyl (C=O) groups excluding carboxylic acids is 2. The minimum atomic E-state index is -0.451. The van der Waals surface area contributed by atoms with Crippen molar-refractivity contribution >= 4 is 74.5 Å². The van der Waals surface area contributed by atoms with E-state index in [0.29, 0.717) is 20.6 Å². The van der Waals surface area contributed by atoms with Crippen LogP contribution in [0.2, 0.25) is 10.0 Å². The molecule has 0 saturated carbocycles. The van der Waals surface area contributed by atoms with Gasteiger partial charge in [0.05, 0.1) is 17.4 Å². The maximum Gasteiger partial charge on any atom is 0.341 e. The summed E-state index contributed by atoms with van der Waals surface area (Å²) in [6.07, 6.45) is 0. The summed E-state index contributed by atoms with van der Waals surface area (Å²) < 4.78 is 5.19. The molecule has 0 aliphatic heterocycles. The van der Waals surface area contributed by atoms with Gasteiger partial charge in [-0.3, -0.25) is 4.79 Å². The molecule has 0 atom stereocenters. The molecule has 0 radical (unpaired) electrons. The number of carbonyl (C=O) groups is 2. The number of thioether (sulfide) groups is 1. The van der Waals surface area contributed by atoms with Crippen molar-refractivity contribution in [2.75, 3.05) is 17.7 Å². The zero-order valence-corrected chi connectivity index (χ0v) is 18.6. The summed E-state index contributed by atoms with van der Waals surface area (Å²) >= 11 is 16.2. The first-order valence-electron chi connectivity index (χ1n) is 8.19. The highest BCUT2D eigenvalue weighted by atomic mass is 35.5. The van der Waals surface area contributed by atoms with Crippen LogP contribution in [-0.2, 0) is 9.53 Å². The molecule has 0 aliphatic carbocycles. The molecule has 2 aromatic heterocycles. The number of thiophene rings is 2. The van der Waals surface area contributed by atoms with E-state index >= 15 is 0 Å². The van der Waals surface area contributed by atoms with E-state index in [0.717, 1.165) is 15.3 Å². The summed E-state index contributed by atoms with van der Waals surface area (Å²) in [7, 11) is 0. The standard InChI is InChI=1S/C19H15Cl2NO3S3/c1-2-25-19(24)17-12(14-4-3-7-26-14)9-28-18(17)22-16(23)10-27-15-8-11(20)5-6-13(15)21/h3-9H,2,10H2,1H3,(H,22,23). The van der Waals surface area contributed by atoms with E-state index in [1.807, 2.05) is 22.9 Å². The molecular formula is C19H15Cl2NO3S3.